The van der Waals surface area contributed by atoms with E-state index in [4.69, 9.17) is 4.74 Å². The Balaban J connectivity index is 2.42. The highest BCUT2D eigenvalue weighted by Gasteiger charge is 2.05. The number of ether oxygens (including phenoxy) is 1. The largest absolute Gasteiger partial charge is 0.490 e. The summed E-state index contributed by atoms with van der Waals surface area (Å²) in [7, 11) is 0. The molecule has 0 aliphatic heterocycles. The summed E-state index contributed by atoms with van der Waals surface area (Å²) >= 11 is 0. The Morgan fingerprint density at radius 1 is 1.12 bits per heavy atom. The van der Waals surface area contributed by atoms with Gasteiger partial charge in [-0.3, -0.25) is 0 Å². The number of fused-ring (bicyclic) bond motifs is 1. The summed E-state index contributed by atoms with van der Waals surface area (Å²) in [5.74, 6) is 0.835. The molecule has 0 unspecified atom stereocenters. The normalized spacial score (nSPS) is 12.7. The van der Waals surface area contributed by atoms with Crippen LogP contribution in [0, 0.1) is 6.92 Å². The molecule has 0 spiro atoms. The van der Waals surface area contributed by atoms with E-state index in [0.29, 0.717) is 6.61 Å². The minimum absolute atomic E-state index is 0.326. The Hall–Kier alpha value is -1.54. The van der Waals surface area contributed by atoms with Crippen molar-refractivity contribution in [3.8, 4) is 5.75 Å². The van der Waals surface area contributed by atoms with E-state index in [1.165, 1.54) is 10.9 Å². The van der Waals surface area contributed by atoms with Crippen LogP contribution in [0.3, 0.4) is 0 Å². The minimum Gasteiger partial charge on any atom is -0.490 e. The highest BCUT2D eigenvalue weighted by molar-refractivity contribution is 5.90. The number of rotatable bonds is 3. The van der Waals surface area contributed by atoms with E-state index in [1.54, 1.807) is 6.92 Å². The zero-order valence-corrected chi connectivity index (χ0v) is 9.60. The van der Waals surface area contributed by atoms with Crippen molar-refractivity contribution in [2.75, 3.05) is 6.61 Å². The molecule has 84 valence electrons. The fraction of sp³-hybridized carbons (Fsp3) is 0.286. The molecule has 1 N–H and O–H groups in total. The molecule has 0 bridgehead atoms. The Morgan fingerprint density at radius 2 is 1.81 bits per heavy atom. The molecule has 2 rings (SSSR count). The zero-order valence-electron chi connectivity index (χ0n) is 9.60. The van der Waals surface area contributed by atoms with E-state index in [9.17, 15) is 5.11 Å². The van der Waals surface area contributed by atoms with Gasteiger partial charge in [0.25, 0.3) is 0 Å². The molecule has 0 amide bonds. The first kappa shape index (κ1) is 11.0. The average Bonchev–Trinajstić information content (AvgIpc) is 2.28. The second kappa shape index (κ2) is 4.54. The van der Waals surface area contributed by atoms with Crippen LogP contribution in [-0.4, -0.2) is 17.8 Å². The summed E-state index contributed by atoms with van der Waals surface area (Å²) in [4.78, 5) is 0. The van der Waals surface area contributed by atoms with E-state index < -0.39 is 6.10 Å². The van der Waals surface area contributed by atoms with Gasteiger partial charge in [0.1, 0.15) is 12.4 Å². The topological polar surface area (TPSA) is 29.5 Å². The lowest BCUT2D eigenvalue weighted by Crippen LogP contribution is -2.12. The fourth-order valence-corrected chi connectivity index (χ4v) is 1.76. The van der Waals surface area contributed by atoms with Crippen LogP contribution < -0.4 is 4.74 Å². The van der Waals surface area contributed by atoms with E-state index >= 15 is 0 Å². The van der Waals surface area contributed by atoms with E-state index in [0.717, 1.165) is 11.1 Å². The molecular weight excluding hydrogens is 200 g/mol. The maximum Gasteiger partial charge on any atom is 0.127 e. The van der Waals surface area contributed by atoms with Crippen LogP contribution in [0.1, 0.15) is 12.5 Å². The van der Waals surface area contributed by atoms with Crippen LogP contribution in [0.25, 0.3) is 10.8 Å². The Bertz CT molecular complexity index is 489. The Kier molecular flexibility index (Phi) is 3.11. The number of aliphatic hydroxyl groups excluding tert-OH is 1. The smallest absolute Gasteiger partial charge is 0.127 e. The lowest BCUT2D eigenvalue weighted by molar-refractivity contribution is 0.123. The number of aliphatic hydroxyl groups is 1. The second-order valence-electron chi connectivity index (χ2n) is 4.09. The number of aryl methyl sites for hydroxylation is 1. The van der Waals surface area contributed by atoms with Crippen molar-refractivity contribution in [3.05, 3.63) is 42.0 Å². The summed E-state index contributed by atoms with van der Waals surface area (Å²) in [6.07, 6.45) is -0.444. The molecule has 2 nitrogen and oxygen atoms in total. The summed E-state index contributed by atoms with van der Waals surface area (Å²) in [5.41, 5.74) is 1.24. The minimum atomic E-state index is -0.444. The van der Waals surface area contributed by atoms with Crippen molar-refractivity contribution in [2.24, 2.45) is 0 Å². The van der Waals surface area contributed by atoms with Gasteiger partial charge >= 0.3 is 0 Å². The third-order valence-corrected chi connectivity index (χ3v) is 2.58. The summed E-state index contributed by atoms with van der Waals surface area (Å²) in [6.45, 7) is 4.13. The van der Waals surface area contributed by atoms with E-state index in [2.05, 4.69) is 13.0 Å². The molecule has 0 fully saturated rings. The molecule has 2 aromatic carbocycles. The van der Waals surface area contributed by atoms with Crippen molar-refractivity contribution in [1.29, 1.82) is 0 Å². The van der Waals surface area contributed by atoms with Crippen molar-refractivity contribution in [3.63, 3.8) is 0 Å². The standard InChI is InChI=1S/C14H16O2/c1-10-7-8-14(16-9-11(2)15)13-6-4-3-5-12(10)13/h3-8,11,15H,9H2,1-2H3/t11-/m1/s1. The molecular formula is C14H16O2. The van der Waals surface area contributed by atoms with Gasteiger partial charge in [-0.05, 0) is 30.9 Å². The monoisotopic (exact) mass is 216 g/mol. The Morgan fingerprint density at radius 3 is 2.50 bits per heavy atom. The Labute approximate surface area is 95.5 Å². The maximum atomic E-state index is 9.22. The van der Waals surface area contributed by atoms with Gasteiger partial charge in [-0.1, -0.05) is 30.3 Å². The van der Waals surface area contributed by atoms with Crippen LogP contribution in [0.4, 0.5) is 0 Å². The van der Waals surface area contributed by atoms with E-state index in [1.807, 2.05) is 30.3 Å². The SMILES string of the molecule is Cc1ccc(OC[C@@H](C)O)c2ccccc12. The van der Waals surface area contributed by atoms with Gasteiger partial charge < -0.3 is 9.84 Å². The van der Waals surface area contributed by atoms with Gasteiger partial charge in [0, 0.05) is 5.39 Å². The average molecular weight is 216 g/mol. The number of hydrogen-bond acceptors (Lipinski definition) is 2. The molecule has 0 heterocycles. The fourth-order valence-electron chi connectivity index (χ4n) is 1.76. The predicted molar refractivity (Wildman–Crippen MR) is 65.9 cm³/mol. The molecule has 0 radical (unpaired) electrons. The van der Waals surface area contributed by atoms with Gasteiger partial charge in [-0.2, -0.15) is 0 Å². The molecule has 2 aromatic rings. The molecule has 2 heteroatoms. The highest BCUT2D eigenvalue weighted by atomic mass is 16.5. The van der Waals surface area contributed by atoms with Crippen molar-refractivity contribution in [2.45, 2.75) is 20.0 Å². The lowest BCUT2D eigenvalue weighted by atomic mass is 10.0. The van der Waals surface area contributed by atoms with Crippen molar-refractivity contribution >= 4 is 10.8 Å². The summed E-state index contributed by atoms with van der Waals surface area (Å²) in [5, 5.41) is 11.5. The van der Waals surface area contributed by atoms with Crippen molar-refractivity contribution in [1.82, 2.24) is 0 Å². The lowest BCUT2D eigenvalue weighted by Gasteiger charge is -2.12. The molecule has 0 saturated carbocycles. The van der Waals surface area contributed by atoms with Crippen LogP contribution in [0.15, 0.2) is 36.4 Å². The van der Waals surface area contributed by atoms with Gasteiger partial charge in [0.05, 0.1) is 6.10 Å². The molecule has 0 aromatic heterocycles. The molecule has 1 atom stereocenters. The van der Waals surface area contributed by atoms with Crippen LogP contribution in [0.2, 0.25) is 0 Å². The summed E-state index contributed by atoms with van der Waals surface area (Å²) in [6, 6.07) is 12.1. The molecule has 0 saturated heterocycles. The van der Waals surface area contributed by atoms with Gasteiger partial charge in [0.2, 0.25) is 0 Å². The summed E-state index contributed by atoms with van der Waals surface area (Å²) < 4.78 is 5.59. The first-order valence-corrected chi connectivity index (χ1v) is 5.47. The zero-order chi connectivity index (χ0) is 11.5. The van der Waals surface area contributed by atoms with E-state index in [-0.39, 0.29) is 0 Å². The van der Waals surface area contributed by atoms with Crippen LogP contribution in [0.5, 0.6) is 5.75 Å². The molecule has 16 heavy (non-hydrogen) atoms. The molecule has 0 aliphatic carbocycles. The van der Waals surface area contributed by atoms with Crippen molar-refractivity contribution < 1.29 is 9.84 Å². The quantitative estimate of drug-likeness (QED) is 0.854. The predicted octanol–water partition coefficient (Wildman–Crippen LogP) is 2.91. The van der Waals surface area contributed by atoms with Crippen LogP contribution in [-0.2, 0) is 0 Å². The highest BCUT2D eigenvalue weighted by Crippen LogP contribution is 2.28. The molecule has 0 aliphatic rings. The third kappa shape index (κ3) is 2.17. The first-order chi connectivity index (χ1) is 7.68. The van der Waals surface area contributed by atoms with Gasteiger partial charge in [-0.15, -0.1) is 0 Å². The van der Waals surface area contributed by atoms with Crippen LogP contribution >= 0.6 is 0 Å². The first-order valence-electron chi connectivity index (χ1n) is 5.47. The number of hydrogen-bond donors (Lipinski definition) is 1. The third-order valence-electron chi connectivity index (χ3n) is 2.58. The number of benzene rings is 2. The maximum absolute atomic E-state index is 9.22. The van der Waals surface area contributed by atoms with Gasteiger partial charge in [-0.25, -0.2) is 0 Å². The van der Waals surface area contributed by atoms with Gasteiger partial charge in [0.15, 0.2) is 0 Å². The second-order valence-corrected chi connectivity index (χ2v) is 4.09.